The van der Waals surface area contributed by atoms with Gasteiger partial charge in [0.15, 0.2) is 0 Å². The van der Waals surface area contributed by atoms with Crippen LogP contribution in [0.3, 0.4) is 0 Å². The molecule has 1 aliphatic rings. The second-order valence-electron chi connectivity index (χ2n) is 5.65. The zero-order valence-electron chi connectivity index (χ0n) is 13.2. The Labute approximate surface area is 130 Å². The van der Waals surface area contributed by atoms with Crippen LogP contribution < -0.4 is 11.1 Å². The molecule has 7 heteroatoms. The maximum atomic E-state index is 12.7. The van der Waals surface area contributed by atoms with Crippen LogP contribution >= 0.6 is 0 Å². The van der Waals surface area contributed by atoms with Gasteiger partial charge in [0.2, 0.25) is 5.91 Å². The van der Waals surface area contributed by atoms with Crippen molar-refractivity contribution in [2.45, 2.75) is 25.9 Å². The molecule has 22 heavy (non-hydrogen) atoms. The second-order valence-corrected chi connectivity index (χ2v) is 5.65. The van der Waals surface area contributed by atoms with Crippen molar-refractivity contribution in [3.63, 3.8) is 0 Å². The van der Waals surface area contributed by atoms with Gasteiger partial charge >= 0.3 is 0 Å². The first kappa shape index (κ1) is 16.2. The molecular formula is C15H23N5O2. The number of hydrogen-bond acceptors (Lipinski definition) is 5. The summed E-state index contributed by atoms with van der Waals surface area (Å²) in [5.74, 6) is -0.224. The lowest BCUT2D eigenvalue weighted by Gasteiger charge is -2.42. The number of nitrogens with one attached hydrogen (secondary N) is 1. The molecule has 1 atom stereocenters. The molecule has 0 aromatic carbocycles. The van der Waals surface area contributed by atoms with Crippen molar-refractivity contribution in [3.8, 4) is 0 Å². The van der Waals surface area contributed by atoms with E-state index in [4.69, 9.17) is 5.73 Å². The Hall–Kier alpha value is -2.15. The maximum Gasteiger partial charge on any atom is 0.258 e. The number of carbonyl (C=O) groups excluding carboxylic acids is 2. The van der Waals surface area contributed by atoms with E-state index in [2.05, 4.69) is 29.0 Å². The first-order valence-corrected chi connectivity index (χ1v) is 7.42. The zero-order valence-corrected chi connectivity index (χ0v) is 13.2. The normalized spacial score (nSPS) is 19.3. The summed E-state index contributed by atoms with van der Waals surface area (Å²) < 4.78 is 0. The quantitative estimate of drug-likeness (QED) is 0.816. The van der Waals surface area contributed by atoms with Crippen molar-refractivity contribution in [2.75, 3.05) is 32.4 Å². The van der Waals surface area contributed by atoms with Crippen LogP contribution in [-0.4, -0.2) is 65.4 Å². The number of rotatable bonds is 3. The van der Waals surface area contributed by atoms with Gasteiger partial charge in [-0.1, -0.05) is 0 Å². The van der Waals surface area contributed by atoms with E-state index in [9.17, 15) is 9.59 Å². The molecule has 1 aromatic rings. The van der Waals surface area contributed by atoms with Gasteiger partial charge < -0.3 is 16.0 Å². The zero-order chi connectivity index (χ0) is 16.3. The number of pyridine rings is 1. The van der Waals surface area contributed by atoms with Gasteiger partial charge in [-0.15, -0.1) is 0 Å². The SMILES string of the molecule is CNC(=O)[C@H]1CN(C(C)C)CCN1C(=O)c1cccnc1N. The van der Waals surface area contributed by atoms with E-state index in [0.717, 1.165) is 6.54 Å². The predicted octanol–water partition coefficient (Wildman–Crippen LogP) is -0.0554. The Bertz CT molecular complexity index is 561. The number of nitrogen functional groups attached to an aromatic ring is 1. The highest BCUT2D eigenvalue weighted by Crippen LogP contribution is 2.18. The van der Waals surface area contributed by atoms with Crippen molar-refractivity contribution < 1.29 is 9.59 Å². The van der Waals surface area contributed by atoms with E-state index >= 15 is 0 Å². The van der Waals surface area contributed by atoms with Gasteiger partial charge in [0.1, 0.15) is 11.9 Å². The highest BCUT2D eigenvalue weighted by atomic mass is 16.2. The van der Waals surface area contributed by atoms with E-state index in [1.54, 1.807) is 30.3 Å². The Morgan fingerprint density at radius 1 is 1.41 bits per heavy atom. The van der Waals surface area contributed by atoms with E-state index < -0.39 is 6.04 Å². The van der Waals surface area contributed by atoms with Crippen molar-refractivity contribution in [1.29, 1.82) is 0 Å². The monoisotopic (exact) mass is 305 g/mol. The van der Waals surface area contributed by atoms with Gasteiger partial charge in [0, 0.05) is 38.9 Å². The standard InChI is InChI=1S/C15H23N5O2/c1-10(2)19-7-8-20(12(9-19)14(21)17-3)15(22)11-5-4-6-18-13(11)16/h4-6,10,12H,7-9H2,1-3H3,(H2,16,18)(H,17,21)/t12-/m1/s1. The summed E-state index contributed by atoms with van der Waals surface area (Å²) in [6.07, 6.45) is 1.54. The van der Waals surface area contributed by atoms with Crippen LogP contribution in [0.5, 0.6) is 0 Å². The third-order valence-electron chi connectivity index (χ3n) is 4.02. The van der Waals surface area contributed by atoms with Crippen LogP contribution in [-0.2, 0) is 4.79 Å². The maximum absolute atomic E-state index is 12.7. The third kappa shape index (κ3) is 3.19. The number of amides is 2. The Balaban J connectivity index is 2.26. The molecule has 0 saturated carbocycles. The van der Waals surface area contributed by atoms with Gasteiger partial charge in [-0.25, -0.2) is 4.98 Å². The fourth-order valence-corrected chi connectivity index (χ4v) is 2.66. The molecule has 0 spiro atoms. The predicted molar refractivity (Wildman–Crippen MR) is 84.2 cm³/mol. The highest BCUT2D eigenvalue weighted by Gasteiger charge is 2.36. The minimum atomic E-state index is -0.520. The van der Waals surface area contributed by atoms with E-state index in [1.807, 2.05) is 0 Å². The molecule has 2 rings (SSSR count). The summed E-state index contributed by atoms with van der Waals surface area (Å²) in [4.78, 5) is 32.6. The highest BCUT2D eigenvalue weighted by molar-refractivity contribution is 6.00. The van der Waals surface area contributed by atoms with E-state index in [1.165, 1.54) is 0 Å². The molecule has 0 bridgehead atoms. The lowest BCUT2D eigenvalue weighted by atomic mass is 10.1. The smallest absolute Gasteiger partial charge is 0.258 e. The van der Waals surface area contributed by atoms with Crippen LogP contribution in [0.15, 0.2) is 18.3 Å². The van der Waals surface area contributed by atoms with E-state index in [0.29, 0.717) is 24.7 Å². The molecule has 1 fully saturated rings. The van der Waals surface area contributed by atoms with Crippen LogP contribution in [0, 0.1) is 0 Å². The molecule has 7 nitrogen and oxygen atoms in total. The molecule has 0 radical (unpaired) electrons. The number of carbonyl (C=O) groups is 2. The molecule has 3 N–H and O–H groups in total. The summed E-state index contributed by atoms with van der Waals surface area (Å²) in [7, 11) is 1.58. The van der Waals surface area contributed by atoms with Crippen molar-refractivity contribution >= 4 is 17.6 Å². The molecule has 1 aromatic heterocycles. The number of nitrogens with zero attached hydrogens (tertiary/aromatic N) is 3. The minimum absolute atomic E-state index is 0.166. The molecule has 0 unspecified atom stereocenters. The molecule has 0 aliphatic carbocycles. The Kier molecular flexibility index (Phi) is 4.97. The largest absolute Gasteiger partial charge is 0.383 e. The second kappa shape index (κ2) is 6.74. The molecule has 1 saturated heterocycles. The average molecular weight is 305 g/mol. The fourth-order valence-electron chi connectivity index (χ4n) is 2.66. The van der Waals surface area contributed by atoms with Gasteiger partial charge in [0.05, 0.1) is 5.56 Å². The number of hydrogen-bond donors (Lipinski definition) is 2. The molecular weight excluding hydrogens is 282 g/mol. The third-order valence-corrected chi connectivity index (χ3v) is 4.02. The lowest BCUT2D eigenvalue weighted by Crippen LogP contribution is -2.61. The van der Waals surface area contributed by atoms with Gasteiger partial charge in [-0.3, -0.25) is 14.5 Å². The lowest BCUT2D eigenvalue weighted by molar-refractivity contribution is -0.127. The fraction of sp³-hybridized carbons (Fsp3) is 0.533. The van der Waals surface area contributed by atoms with E-state index in [-0.39, 0.29) is 17.6 Å². The molecule has 2 amide bonds. The Morgan fingerprint density at radius 2 is 2.14 bits per heavy atom. The summed E-state index contributed by atoms with van der Waals surface area (Å²) >= 11 is 0. The molecule has 120 valence electrons. The topological polar surface area (TPSA) is 91.6 Å². The minimum Gasteiger partial charge on any atom is -0.383 e. The Morgan fingerprint density at radius 3 is 2.73 bits per heavy atom. The van der Waals surface area contributed by atoms with Crippen molar-refractivity contribution in [2.24, 2.45) is 0 Å². The van der Waals surface area contributed by atoms with Gasteiger partial charge in [0.25, 0.3) is 5.91 Å². The summed E-state index contributed by atoms with van der Waals surface area (Å²) in [5, 5.41) is 2.64. The van der Waals surface area contributed by atoms with Crippen LogP contribution in [0.2, 0.25) is 0 Å². The average Bonchev–Trinajstić information content (AvgIpc) is 2.53. The first-order valence-electron chi connectivity index (χ1n) is 7.42. The van der Waals surface area contributed by atoms with Crippen LogP contribution in [0.25, 0.3) is 0 Å². The van der Waals surface area contributed by atoms with Gasteiger partial charge in [-0.05, 0) is 26.0 Å². The summed E-state index contributed by atoms with van der Waals surface area (Å²) in [6, 6.07) is 3.12. The molecule has 2 heterocycles. The number of nitrogens with two attached hydrogens (primary N) is 1. The molecule has 1 aliphatic heterocycles. The van der Waals surface area contributed by atoms with Crippen LogP contribution in [0.4, 0.5) is 5.82 Å². The number of anilines is 1. The van der Waals surface area contributed by atoms with Gasteiger partial charge in [-0.2, -0.15) is 0 Å². The number of aromatic nitrogens is 1. The number of likely N-dealkylation sites (N-methyl/N-ethyl adjacent to an activating group) is 1. The summed E-state index contributed by atoms with van der Waals surface area (Å²) in [6.45, 7) is 5.90. The first-order chi connectivity index (χ1) is 10.5. The van der Waals surface area contributed by atoms with Crippen LogP contribution in [0.1, 0.15) is 24.2 Å². The summed E-state index contributed by atoms with van der Waals surface area (Å²) in [5.41, 5.74) is 6.13. The number of piperazine rings is 1. The van der Waals surface area contributed by atoms with Crippen molar-refractivity contribution in [1.82, 2.24) is 20.1 Å². The van der Waals surface area contributed by atoms with Crippen molar-refractivity contribution in [3.05, 3.63) is 23.9 Å².